The number of hydrogen-bond donors (Lipinski definition) is 1. The van der Waals surface area contributed by atoms with Crippen LogP contribution in [0.4, 0.5) is 0 Å². The van der Waals surface area contributed by atoms with Crippen molar-refractivity contribution >= 4 is 11.6 Å². The van der Waals surface area contributed by atoms with Crippen LogP contribution in [0.3, 0.4) is 0 Å². The molecule has 1 aliphatic heterocycles. The van der Waals surface area contributed by atoms with E-state index in [1.165, 1.54) is 18.4 Å². The van der Waals surface area contributed by atoms with E-state index in [1.54, 1.807) is 7.11 Å². The second-order valence-electron chi connectivity index (χ2n) is 3.95. The molecular weight excluding hydrogens is 210 g/mol. The maximum atomic E-state index is 5.98. The summed E-state index contributed by atoms with van der Waals surface area (Å²) in [6.45, 7) is 1.13. The first kappa shape index (κ1) is 10.8. The first-order chi connectivity index (χ1) is 7.29. The number of rotatable bonds is 3. The van der Waals surface area contributed by atoms with Crippen molar-refractivity contribution in [2.45, 2.75) is 25.3 Å². The van der Waals surface area contributed by atoms with Gasteiger partial charge in [0, 0.05) is 11.1 Å². The van der Waals surface area contributed by atoms with Gasteiger partial charge in [-0.25, -0.2) is 0 Å². The van der Waals surface area contributed by atoms with Crippen molar-refractivity contribution in [3.8, 4) is 5.75 Å². The third-order valence-corrected chi connectivity index (χ3v) is 3.11. The van der Waals surface area contributed by atoms with Crippen LogP contribution in [0.2, 0.25) is 5.02 Å². The molecule has 1 atom stereocenters. The standard InChI is InChI=1S/C12H16ClNO/c1-15-12-5-4-10(13)7-9(12)8-11-3-2-6-14-11/h4-5,7,11,14H,2-3,6,8H2,1H3. The molecule has 1 N–H and O–H groups in total. The van der Waals surface area contributed by atoms with Gasteiger partial charge in [0.2, 0.25) is 0 Å². The van der Waals surface area contributed by atoms with Crippen molar-refractivity contribution in [2.24, 2.45) is 0 Å². The Balaban J connectivity index is 2.14. The van der Waals surface area contributed by atoms with Crippen molar-refractivity contribution in [3.05, 3.63) is 28.8 Å². The molecule has 1 unspecified atom stereocenters. The molecule has 1 saturated heterocycles. The van der Waals surface area contributed by atoms with Crippen molar-refractivity contribution in [3.63, 3.8) is 0 Å². The highest BCUT2D eigenvalue weighted by molar-refractivity contribution is 6.30. The summed E-state index contributed by atoms with van der Waals surface area (Å²) in [5.41, 5.74) is 1.20. The van der Waals surface area contributed by atoms with E-state index in [9.17, 15) is 0 Å². The van der Waals surface area contributed by atoms with Crippen LogP contribution in [-0.2, 0) is 6.42 Å². The number of nitrogens with one attached hydrogen (secondary N) is 1. The van der Waals surface area contributed by atoms with Gasteiger partial charge in [0.15, 0.2) is 0 Å². The highest BCUT2D eigenvalue weighted by atomic mass is 35.5. The Hall–Kier alpha value is -0.730. The van der Waals surface area contributed by atoms with Gasteiger partial charge < -0.3 is 10.1 Å². The van der Waals surface area contributed by atoms with Crippen molar-refractivity contribution < 1.29 is 4.74 Å². The molecule has 1 aromatic rings. The Morgan fingerprint density at radius 2 is 2.40 bits per heavy atom. The molecule has 0 amide bonds. The number of methoxy groups -OCH3 is 1. The van der Waals surface area contributed by atoms with E-state index >= 15 is 0 Å². The summed E-state index contributed by atoms with van der Waals surface area (Å²) in [4.78, 5) is 0. The summed E-state index contributed by atoms with van der Waals surface area (Å²) < 4.78 is 5.32. The minimum atomic E-state index is 0.581. The van der Waals surface area contributed by atoms with Gasteiger partial charge in [-0.05, 0) is 49.6 Å². The Morgan fingerprint density at radius 1 is 1.53 bits per heavy atom. The van der Waals surface area contributed by atoms with Crippen LogP contribution in [0, 0.1) is 0 Å². The molecule has 2 nitrogen and oxygen atoms in total. The molecular formula is C12H16ClNO. The fourth-order valence-electron chi connectivity index (χ4n) is 2.10. The van der Waals surface area contributed by atoms with E-state index in [-0.39, 0.29) is 0 Å². The first-order valence-corrected chi connectivity index (χ1v) is 5.73. The third kappa shape index (κ3) is 2.64. The van der Waals surface area contributed by atoms with Gasteiger partial charge in [-0.15, -0.1) is 0 Å². The fraction of sp³-hybridized carbons (Fsp3) is 0.500. The number of benzene rings is 1. The third-order valence-electron chi connectivity index (χ3n) is 2.87. The van der Waals surface area contributed by atoms with Crippen molar-refractivity contribution in [2.75, 3.05) is 13.7 Å². The maximum Gasteiger partial charge on any atom is 0.122 e. The van der Waals surface area contributed by atoms with E-state index in [0.717, 1.165) is 23.7 Å². The predicted molar refractivity (Wildman–Crippen MR) is 62.7 cm³/mol. The minimum absolute atomic E-state index is 0.581. The van der Waals surface area contributed by atoms with E-state index in [0.29, 0.717) is 6.04 Å². The number of halogens is 1. The summed E-state index contributed by atoms with van der Waals surface area (Å²) in [5, 5.41) is 4.26. The van der Waals surface area contributed by atoms with Gasteiger partial charge in [-0.2, -0.15) is 0 Å². The van der Waals surface area contributed by atoms with Crippen LogP contribution in [-0.4, -0.2) is 19.7 Å². The molecule has 1 fully saturated rings. The second kappa shape index (κ2) is 4.86. The molecule has 0 radical (unpaired) electrons. The maximum absolute atomic E-state index is 5.98. The molecule has 0 aliphatic carbocycles. The quantitative estimate of drug-likeness (QED) is 0.854. The van der Waals surface area contributed by atoms with E-state index < -0.39 is 0 Å². The zero-order chi connectivity index (χ0) is 10.7. The molecule has 2 rings (SSSR count). The van der Waals surface area contributed by atoms with Gasteiger partial charge in [0.1, 0.15) is 5.75 Å². The average Bonchev–Trinajstić information content (AvgIpc) is 2.71. The topological polar surface area (TPSA) is 21.3 Å². The highest BCUT2D eigenvalue weighted by Crippen LogP contribution is 2.25. The Bertz CT molecular complexity index is 334. The van der Waals surface area contributed by atoms with Gasteiger partial charge in [-0.3, -0.25) is 0 Å². The second-order valence-corrected chi connectivity index (χ2v) is 4.39. The van der Waals surface area contributed by atoms with Gasteiger partial charge in [-0.1, -0.05) is 11.6 Å². The normalized spacial score (nSPS) is 20.5. The molecule has 1 heterocycles. The molecule has 0 spiro atoms. The average molecular weight is 226 g/mol. The molecule has 1 aromatic carbocycles. The lowest BCUT2D eigenvalue weighted by molar-refractivity contribution is 0.407. The fourth-order valence-corrected chi connectivity index (χ4v) is 2.30. The van der Waals surface area contributed by atoms with Gasteiger partial charge in [0.05, 0.1) is 7.11 Å². The summed E-state index contributed by atoms with van der Waals surface area (Å²) in [5.74, 6) is 0.938. The van der Waals surface area contributed by atoms with Crippen LogP contribution in [0.25, 0.3) is 0 Å². The van der Waals surface area contributed by atoms with Gasteiger partial charge in [0.25, 0.3) is 0 Å². The largest absolute Gasteiger partial charge is 0.496 e. The van der Waals surface area contributed by atoms with Crippen LogP contribution in [0.15, 0.2) is 18.2 Å². The van der Waals surface area contributed by atoms with Crippen molar-refractivity contribution in [1.82, 2.24) is 5.32 Å². The lowest BCUT2D eigenvalue weighted by Gasteiger charge is -2.13. The van der Waals surface area contributed by atoms with Crippen LogP contribution in [0.1, 0.15) is 18.4 Å². The number of hydrogen-bond acceptors (Lipinski definition) is 2. The summed E-state index contributed by atoms with van der Waals surface area (Å²) in [6, 6.07) is 6.39. The SMILES string of the molecule is COc1ccc(Cl)cc1CC1CCCN1. The molecule has 3 heteroatoms. The molecule has 0 aromatic heterocycles. The molecule has 1 aliphatic rings. The lowest BCUT2D eigenvalue weighted by Crippen LogP contribution is -2.23. The monoisotopic (exact) mass is 225 g/mol. The first-order valence-electron chi connectivity index (χ1n) is 5.35. The molecule has 0 saturated carbocycles. The summed E-state index contributed by atoms with van der Waals surface area (Å²) in [6.07, 6.45) is 3.52. The van der Waals surface area contributed by atoms with Crippen molar-refractivity contribution in [1.29, 1.82) is 0 Å². The zero-order valence-electron chi connectivity index (χ0n) is 8.92. The zero-order valence-corrected chi connectivity index (χ0v) is 9.68. The van der Waals surface area contributed by atoms with Crippen LogP contribution >= 0.6 is 11.6 Å². The summed E-state index contributed by atoms with van der Waals surface area (Å²) in [7, 11) is 1.70. The Labute approximate surface area is 95.6 Å². The summed E-state index contributed by atoms with van der Waals surface area (Å²) >= 11 is 5.98. The molecule has 0 bridgehead atoms. The smallest absolute Gasteiger partial charge is 0.122 e. The van der Waals surface area contributed by atoms with Crippen LogP contribution in [0.5, 0.6) is 5.75 Å². The highest BCUT2D eigenvalue weighted by Gasteiger charge is 2.16. The Kier molecular flexibility index (Phi) is 3.49. The van der Waals surface area contributed by atoms with E-state index in [2.05, 4.69) is 5.32 Å². The molecule has 15 heavy (non-hydrogen) atoms. The predicted octanol–water partition coefficient (Wildman–Crippen LogP) is 2.64. The lowest BCUT2D eigenvalue weighted by atomic mass is 10.0. The van der Waals surface area contributed by atoms with E-state index in [4.69, 9.17) is 16.3 Å². The van der Waals surface area contributed by atoms with Gasteiger partial charge >= 0.3 is 0 Å². The van der Waals surface area contributed by atoms with E-state index in [1.807, 2.05) is 18.2 Å². The van der Waals surface area contributed by atoms with Crippen LogP contribution < -0.4 is 10.1 Å². The Morgan fingerprint density at radius 3 is 3.07 bits per heavy atom. The number of ether oxygens (including phenoxy) is 1. The molecule has 82 valence electrons. The minimum Gasteiger partial charge on any atom is -0.496 e.